The number of carbonyl (C=O) groups is 1. The van der Waals surface area contributed by atoms with Crippen LogP contribution in [0, 0.1) is 0 Å². The van der Waals surface area contributed by atoms with E-state index in [1.807, 2.05) is 32.9 Å². The summed E-state index contributed by atoms with van der Waals surface area (Å²) < 4.78 is 1.59. The number of nitrogens with zero attached hydrogens (tertiary/aromatic N) is 3. The molecule has 0 aromatic carbocycles. The lowest BCUT2D eigenvalue weighted by atomic mass is 9.92. The molecule has 94 valence electrons. The molecule has 2 aromatic heterocycles. The highest BCUT2D eigenvalue weighted by Crippen LogP contribution is 2.25. The summed E-state index contributed by atoms with van der Waals surface area (Å²) in [7, 11) is 0. The summed E-state index contributed by atoms with van der Waals surface area (Å²) in [6.45, 7) is 6.03. The number of pyridine rings is 1. The van der Waals surface area contributed by atoms with Gasteiger partial charge < -0.3 is 5.11 Å². The third-order valence-corrected chi connectivity index (χ3v) is 2.56. The Labute approximate surface area is 105 Å². The first-order valence-electron chi connectivity index (χ1n) is 5.65. The average Bonchev–Trinajstić information content (AvgIpc) is 2.74. The minimum Gasteiger partial charge on any atom is -0.476 e. The van der Waals surface area contributed by atoms with Crippen LogP contribution in [0.25, 0.3) is 5.82 Å². The van der Waals surface area contributed by atoms with Crippen molar-refractivity contribution in [3.63, 3.8) is 0 Å². The molecule has 0 radical (unpaired) electrons. The molecule has 18 heavy (non-hydrogen) atoms. The van der Waals surface area contributed by atoms with Gasteiger partial charge in [0.25, 0.3) is 0 Å². The van der Waals surface area contributed by atoms with Crippen molar-refractivity contribution < 1.29 is 9.90 Å². The molecule has 5 nitrogen and oxygen atoms in total. The van der Waals surface area contributed by atoms with Crippen molar-refractivity contribution in [2.75, 3.05) is 0 Å². The summed E-state index contributed by atoms with van der Waals surface area (Å²) in [6, 6.07) is 7.05. The fraction of sp³-hybridized carbons (Fsp3) is 0.308. The maximum absolute atomic E-state index is 11.0. The van der Waals surface area contributed by atoms with Crippen molar-refractivity contribution in [2.45, 2.75) is 26.2 Å². The van der Waals surface area contributed by atoms with Gasteiger partial charge in [-0.2, -0.15) is 5.10 Å². The predicted octanol–water partition coefficient (Wildman–Crippen LogP) is 2.26. The summed E-state index contributed by atoms with van der Waals surface area (Å²) in [5.74, 6) is -0.412. The quantitative estimate of drug-likeness (QED) is 0.881. The van der Waals surface area contributed by atoms with Crippen molar-refractivity contribution in [2.24, 2.45) is 0 Å². The second kappa shape index (κ2) is 4.25. The van der Waals surface area contributed by atoms with E-state index in [1.54, 1.807) is 23.0 Å². The Morgan fingerprint density at radius 2 is 2.06 bits per heavy atom. The second-order valence-electron chi connectivity index (χ2n) is 5.07. The fourth-order valence-corrected chi connectivity index (χ4v) is 1.67. The monoisotopic (exact) mass is 245 g/mol. The van der Waals surface area contributed by atoms with E-state index in [1.165, 1.54) is 0 Å². The van der Waals surface area contributed by atoms with Crippen LogP contribution in [0.15, 0.2) is 30.5 Å². The van der Waals surface area contributed by atoms with E-state index in [2.05, 4.69) is 10.1 Å². The second-order valence-corrected chi connectivity index (χ2v) is 5.07. The van der Waals surface area contributed by atoms with Gasteiger partial charge in [-0.25, -0.2) is 14.5 Å². The lowest BCUT2D eigenvalue weighted by molar-refractivity contribution is 0.0690. The molecule has 0 spiro atoms. The highest BCUT2D eigenvalue weighted by molar-refractivity contribution is 5.85. The maximum atomic E-state index is 11.0. The molecule has 0 aliphatic carbocycles. The van der Waals surface area contributed by atoms with Gasteiger partial charge in [0.1, 0.15) is 0 Å². The molecule has 0 unspecified atom stereocenters. The molecule has 0 bridgehead atoms. The Bertz CT molecular complexity index is 568. The molecule has 0 saturated heterocycles. The van der Waals surface area contributed by atoms with Crippen LogP contribution in [-0.4, -0.2) is 25.8 Å². The number of aromatic carboxylic acids is 1. The Balaban J connectivity index is 2.62. The van der Waals surface area contributed by atoms with Crippen molar-refractivity contribution in [3.05, 3.63) is 41.9 Å². The van der Waals surface area contributed by atoms with Crippen molar-refractivity contribution >= 4 is 5.97 Å². The van der Waals surface area contributed by atoms with Gasteiger partial charge in [-0.15, -0.1) is 0 Å². The van der Waals surface area contributed by atoms with E-state index in [4.69, 9.17) is 5.11 Å². The van der Waals surface area contributed by atoms with E-state index < -0.39 is 5.97 Å². The van der Waals surface area contributed by atoms with Crippen molar-refractivity contribution in [3.8, 4) is 5.82 Å². The smallest absolute Gasteiger partial charge is 0.356 e. The van der Waals surface area contributed by atoms with E-state index >= 15 is 0 Å². The summed E-state index contributed by atoms with van der Waals surface area (Å²) in [5, 5.41) is 13.1. The number of carboxylic acid groups (broad SMARTS) is 1. The van der Waals surface area contributed by atoms with Crippen LogP contribution in [0.5, 0.6) is 0 Å². The topological polar surface area (TPSA) is 68.0 Å². The molecule has 1 N–H and O–H groups in total. The molecular formula is C13H15N3O2. The molecule has 2 heterocycles. The zero-order valence-corrected chi connectivity index (χ0v) is 10.6. The van der Waals surface area contributed by atoms with Gasteiger partial charge in [0.15, 0.2) is 11.5 Å². The Kier molecular flexibility index (Phi) is 2.90. The van der Waals surface area contributed by atoms with Crippen LogP contribution < -0.4 is 0 Å². The fourth-order valence-electron chi connectivity index (χ4n) is 1.67. The van der Waals surface area contributed by atoms with E-state index in [0.717, 1.165) is 5.69 Å². The maximum Gasteiger partial charge on any atom is 0.356 e. The van der Waals surface area contributed by atoms with Gasteiger partial charge in [-0.05, 0) is 18.2 Å². The van der Waals surface area contributed by atoms with Gasteiger partial charge >= 0.3 is 5.97 Å². The zero-order valence-electron chi connectivity index (χ0n) is 10.6. The molecule has 0 aliphatic rings. The Morgan fingerprint density at radius 3 is 2.56 bits per heavy atom. The summed E-state index contributed by atoms with van der Waals surface area (Å²) in [4.78, 5) is 15.2. The standard InChI is InChI=1S/C13H15N3O2/c1-13(2,3)10-8-9(12(17)18)15-16(10)11-6-4-5-7-14-11/h4-8H,1-3H3,(H,17,18). The largest absolute Gasteiger partial charge is 0.476 e. The van der Waals surface area contributed by atoms with Crippen LogP contribution in [0.3, 0.4) is 0 Å². The van der Waals surface area contributed by atoms with Crippen molar-refractivity contribution in [1.82, 2.24) is 14.8 Å². The first-order chi connectivity index (χ1) is 8.39. The van der Waals surface area contributed by atoms with Gasteiger partial charge in [0.2, 0.25) is 0 Å². The van der Waals surface area contributed by atoms with E-state index in [-0.39, 0.29) is 11.1 Å². The van der Waals surface area contributed by atoms with Gasteiger partial charge in [0.05, 0.1) is 5.69 Å². The molecule has 0 amide bonds. The van der Waals surface area contributed by atoms with Crippen LogP contribution >= 0.6 is 0 Å². The molecular weight excluding hydrogens is 230 g/mol. The number of aromatic nitrogens is 3. The normalized spacial score (nSPS) is 11.5. The van der Waals surface area contributed by atoms with Crippen molar-refractivity contribution in [1.29, 1.82) is 0 Å². The molecule has 0 atom stereocenters. The van der Waals surface area contributed by atoms with Gasteiger partial charge in [0, 0.05) is 11.6 Å². The van der Waals surface area contributed by atoms with Crippen LogP contribution in [0.4, 0.5) is 0 Å². The first kappa shape index (κ1) is 12.3. The third-order valence-electron chi connectivity index (χ3n) is 2.56. The number of carboxylic acids is 1. The SMILES string of the molecule is CC(C)(C)c1cc(C(=O)O)nn1-c1ccccn1. The molecule has 0 saturated carbocycles. The summed E-state index contributed by atoms with van der Waals surface area (Å²) in [5.41, 5.74) is 0.641. The zero-order chi connectivity index (χ0) is 13.3. The third kappa shape index (κ3) is 2.25. The van der Waals surface area contributed by atoms with Gasteiger partial charge in [-0.1, -0.05) is 26.8 Å². The van der Waals surface area contributed by atoms with Crippen LogP contribution in [0.2, 0.25) is 0 Å². The van der Waals surface area contributed by atoms with Crippen LogP contribution in [0.1, 0.15) is 37.0 Å². The lowest BCUT2D eigenvalue weighted by Gasteiger charge is -2.19. The minimum atomic E-state index is -1.03. The average molecular weight is 245 g/mol. The first-order valence-corrected chi connectivity index (χ1v) is 5.65. The Morgan fingerprint density at radius 1 is 1.33 bits per heavy atom. The molecule has 0 fully saturated rings. The highest BCUT2D eigenvalue weighted by atomic mass is 16.4. The Hall–Kier alpha value is -2.17. The molecule has 2 aromatic rings. The minimum absolute atomic E-state index is 0.0329. The lowest BCUT2D eigenvalue weighted by Crippen LogP contribution is -2.17. The molecule has 0 aliphatic heterocycles. The highest BCUT2D eigenvalue weighted by Gasteiger charge is 2.24. The number of hydrogen-bond acceptors (Lipinski definition) is 3. The van der Waals surface area contributed by atoms with Crippen LogP contribution in [-0.2, 0) is 5.41 Å². The van der Waals surface area contributed by atoms with Gasteiger partial charge in [-0.3, -0.25) is 0 Å². The van der Waals surface area contributed by atoms with E-state index in [0.29, 0.717) is 5.82 Å². The summed E-state index contributed by atoms with van der Waals surface area (Å²) in [6.07, 6.45) is 1.66. The van der Waals surface area contributed by atoms with E-state index in [9.17, 15) is 4.79 Å². The predicted molar refractivity (Wildman–Crippen MR) is 67.0 cm³/mol. The number of rotatable bonds is 2. The number of hydrogen-bond donors (Lipinski definition) is 1. The molecule has 2 rings (SSSR count). The molecule has 5 heteroatoms. The summed E-state index contributed by atoms with van der Waals surface area (Å²) >= 11 is 0.